The van der Waals surface area contributed by atoms with Gasteiger partial charge in [-0.15, -0.1) is 0 Å². The first-order chi connectivity index (χ1) is 10.8. The molecule has 0 spiro atoms. The van der Waals surface area contributed by atoms with Crippen molar-refractivity contribution in [2.75, 3.05) is 19.6 Å². The predicted molar refractivity (Wildman–Crippen MR) is 93.8 cm³/mol. The van der Waals surface area contributed by atoms with Gasteiger partial charge in [-0.2, -0.15) is 0 Å². The normalized spacial score (nSPS) is 19.0. The molecule has 0 radical (unpaired) electrons. The molecule has 1 heterocycles. The molecule has 1 aliphatic heterocycles. The Hall–Kier alpha value is -1.55. The Bertz CT molecular complexity index is 517. The lowest BCUT2D eigenvalue weighted by atomic mass is 9.98. The quantitative estimate of drug-likeness (QED) is 0.926. The average Bonchev–Trinajstić information content (AvgIpc) is 2.46. The van der Waals surface area contributed by atoms with Crippen molar-refractivity contribution >= 4 is 6.09 Å². The van der Waals surface area contributed by atoms with E-state index in [-0.39, 0.29) is 12.1 Å². The molecule has 0 saturated carbocycles. The maximum Gasteiger partial charge on any atom is 0.410 e. The molecule has 4 nitrogen and oxygen atoms in total. The second kappa shape index (κ2) is 7.35. The number of hydrogen-bond donors (Lipinski definition) is 1. The highest BCUT2D eigenvalue weighted by Crippen LogP contribution is 2.19. The maximum absolute atomic E-state index is 12.4. The number of nitrogens with one attached hydrogen (secondary N) is 1. The van der Waals surface area contributed by atoms with E-state index in [0.717, 1.165) is 19.5 Å². The van der Waals surface area contributed by atoms with E-state index in [0.29, 0.717) is 12.5 Å². The van der Waals surface area contributed by atoms with Crippen LogP contribution in [0.4, 0.5) is 4.79 Å². The van der Waals surface area contributed by atoms with Gasteiger partial charge in [-0.1, -0.05) is 38.1 Å². The standard InChI is InChI=1S/C19H30N2O2/c1-14(2)16-8-6-15(7-9-16)12-17-13-20-10-11-21(17)18(22)23-19(3,4)5/h6-9,14,17,20H,10-13H2,1-5H3/t17-/m1/s1. The Labute approximate surface area is 140 Å². The summed E-state index contributed by atoms with van der Waals surface area (Å²) >= 11 is 0. The van der Waals surface area contributed by atoms with Crippen molar-refractivity contribution in [1.29, 1.82) is 0 Å². The second-order valence-corrected chi connectivity index (χ2v) is 7.63. The summed E-state index contributed by atoms with van der Waals surface area (Å²) in [4.78, 5) is 14.3. The summed E-state index contributed by atoms with van der Waals surface area (Å²) in [6, 6.07) is 8.87. The number of carbonyl (C=O) groups is 1. The fourth-order valence-electron chi connectivity index (χ4n) is 2.81. The zero-order valence-electron chi connectivity index (χ0n) is 15.1. The van der Waals surface area contributed by atoms with E-state index in [1.54, 1.807) is 0 Å². The van der Waals surface area contributed by atoms with Gasteiger partial charge in [0.15, 0.2) is 0 Å². The molecule has 128 valence electrons. The molecule has 1 aromatic carbocycles. The number of amides is 1. The zero-order chi connectivity index (χ0) is 17.0. The summed E-state index contributed by atoms with van der Waals surface area (Å²) in [5.74, 6) is 0.540. The van der Waals surface area contributed by atoms with Gasteiger partial charge in [0.05, 0.1) is 6.04 Å². The third-order valence-electron chi connectivity index (χ3n) is 4.10. The lowest BCUT2D eigenvalue weighted by Gasteiger charge is -2.37. The summed E-state index contributed by atoms with van der Waals surface area (Å²) in [6.45, 7) is 12.5. The van der Waals surface area contributed by atoms with Gasteiger partial charge in [-0.3, -0.25) is 0 Å². The highest BCUT2D eigenvalue weighted by Gasteiger charge is 2.30. The Morgan fingerprint density at radius 2 is 1.96 bits per heavy atom. The number of carbonyl (C=O) groups excluding carboxylic acids is 1. The molecule has 1 saturated heterocycles. The fraction of sp³-hybridized carbons (Fsp3) is 0.632. The topological polar surface area (TPSA) is 41.6 Å². The fourth-order valence-corrected chi connectivity index (χ4v) is 2.81. The van der Waals surface area contributed by atoms with Gasteiger partial charge >= 0.3 is 6.09 Å². The van der Waals surface area contributed by atoms with Gasteiger partial charge in [0.2, 0.25) is 0 Å². The Kier molecular flexibility index (Phi) is 5.69. The minimum atomic E-state index is -0.453. The molecule has 4 heteroatoms. The van der Waals surface area contributed by atoms with Crippen molar-refractivity contribution in [3.05, 3.63) is 35.4 Å². The van der Waals surface area contributed by atoms with Crippen LogP contribution in [0.2, 0.25) is 0 Å². The molecule has 0 aromatic heterocycles. The molecule has 1 aromatic rings. The minimum absolute atomic E-state index is 0.142. The number of nitrogens with zero attached hydrogens (tertiary/aromatic N) is 1. The lowest BCUT2D eigenvalue weighted by Crippen LogP contribution is -2.55. The molecule has 0 unspecified atom stereocenters. The van der Waals surface area contributed by atoms with E-state index in [4.69, 9.17) is 4.74 Å². The third kappa shape index (κ3) is 5.24. The number of piperazine rings is 1. The van der Waals surface area contributed by atoms with Crippen LogP contribution in [0.3, 0.4) is 0 Å². The molecule has 1 N–H and O–H groups in total. The lowest BCUT2D eigenvalue weighted by molar-refractivity contribution is 0.0122. The van der Waals surface area contributed by atoms with Crippen molar-refractivity contribution in [2.24, 2.45) is 0 Å². The van der Waals surface area contributed by atoms with E-state index in [2.05, 4.69) is 43.4 Å². The largest absolute Gasteiger partial charge is 0.444 e. The third-order valence-corrected chi connectivity index (χ3v) is 4.10. The van der Waals surface area contributed by atoms with E-state index >= 15 is 0 Å². The van der Waals surface area contributed by atoms with Crippen LogP contribution in [0.25, 0.3) is 0 Å². The first-order valence-electron chi connectivity index (χ1n) is 8.55. The van der Waals surface area contributed by atoms with Gasteiger partial charge in [-0.05, 0) is 44.2 Å². The van der Waals surface area contributed by atoms with Crippen LogP contribution < -0.4 is 5.32 Å². The molecule has 2 rings (SSSR count). The predicted octanol–water partition coefficient (Wildman–Crippen LogP) is 3.56. The Balaban J connectivity index is 2.04. The molecular weight excluding hydrogens is 288 g/mol. The molecule has 1 atom stereocenters. The van der Waals surface area contributed by atoms with Crippen molar-refractivity contribution in [3.63, 3.8) is 0 Å². The van der Waals surface area contributed by atoms with Gasteiger partial charge in [0.25, 0.3) is 0 Å². The molecule has 0 aliphatic carbocycles. The van der Waals surface area contributed by atoms with Crippen LogP contribution in [0.5, 0.6) is 0 Å². The van der Waals surface area contributed by atoms with Crippen LogP contribution in [-0.4, -0.2) is 42.3 Å². The smallest absolute Gasteiger partial charge is 0.410 e. The van der Waals surface area contributed by atoms with Gasteiger partial charge in [-0.25, -0.2) is 4.79 Å². The summed E-state index contributed by atoms with van der Waals surface area (Å²) in [5.41, 5.74) is 2.15. The number of rotatable bonds is 3. The zero-order valence-corrected chi connectivity index (χ0v) is 15.1. The van der Waals surface area contributed by atoms with Crippen LogP contribution in [-0.2, 0) is 11.2 Å². The van der Waals surface area contributed by atoms with Crippen LogP contribution in [0.15, 0.2) is 24.3 Å². The highest BCUT2D eigenvalue weighted by molar-refractivity contribution is 5.68. The van der Waals surface area contributed by atoms with E-state index < -0.39 is 5.60 Å². The van der Waals surface area contributed by atoms with Crippen molar-refractivity contribution in [1.82, 2.24) is 10.2 Å². The Morgan fingerprint density at radius 1 is 1.30 bits per heavy atom. The summed E-state index contributed by atoms with van der Waals surface area (Å²) in [5, 5.41) is 3.38. The van der Waals surface area contributed by atoms with Gasteiger partial charge in [0.1, 0.15) is 5.60 Å². The summed E-state index contributed by atoms with van der Waals surface area (Å²) in [6.07, 6.45) is 0.646. The molecule has 1 aliphatic rings. The SMILES string of the molecule is CC(C)c1ccc(C[C@@H]2CNCCN2C(=O)OC(C)(C)C)cc1. The maximum atomic E-state index is 12.4. The molecule has 0 bridgehead atoms. The monoisotopic (exact) mass is 318 g/mol. The van der Waals surface area contributed by atoms with Gasteiger partial charge < -0.3 is 15.0 Å². The Morgan fingerprint density at radius 3 is 2.52 bits per heavy atom. The second-order valence-electron chi connectivity index (χ2n) is 7.63. The van der Waals surface area contributed by atoms with Crippen molar-refractivity contribution < 1.29 is 9.53 Å². The van der Waals surface area contributed by atoms with E-state index in [1.165, 1.54) is 11.1 Å². The van der Waals surface area contributed by atoms with Crippen LogP contribution in [0.1, 0.15) is 51.7 Å². The van der Waals surface area contributed by atoms with Crippen LogP contribution >= 0.6 is 0 Å². The van der Waals surface area contributed by atoms with E-state index in [9.17, 15) is 4.79 Å². The van der Waals surface area contributed by atoms with Crippen molar-refractivity contribution in [3.8, 4) is 0 Å². The highest BCUT2D eigenvalue weighted by atomic mass is 16.6. The van der Waals surface area contributed by atoms with E-state index in [1.807, 2.05) is 25.7 Å². The molecule has 1 fully saturated rings. The summed E-state index contributed by atoms with van der Waals surface area (Å²) in [7, 11) is 0. The average molecular weight is 318 g/mol. The molecule has 1 amide bonds. The number of hydrogen-bond acceptors (Lipinski definition) is 3. The molecule has 23 heavy (non-hydrogen) atoms. The van der Waals surface area contributed by atoms with Crippen molar-refractivity contribution in [2.45, 2.75) is 58.6 Å². The number of benzene rings is 1. The number of ether oxygens (including phenoxy) is 1. The molecular formula is C19H30N2O2. The van der Waals surface area contributed by atoms with Crippen LogP contribution in [0, 0.1) is 0 Å². The first-order valence-corrected chi connectivity index (χ1v) is 8.55. The minimum Gasteiger partial charge on any atom is -0.444 e. The summed E-state index contributed by atoms with van der Waals surface area (Å²) < 4.78 is 5.55. The van der Waals surface area contributed by atoms with Gasteiger partial charge in [0, 0.05) is 19.6 Å². The first kappa shape index (κ1) is 17.8.